The lowest BCUT2D eigenvalue weighted by Gasteiger charge is -2.36. The Morgan fingerprint density at radius 2 is 0.800 bits per heavy atom. The van der Waals surface area contributed by atoms with Crippen molar-refractivity contribution in [2.75, 3.05) is 20.8 Å². The van der Waals surface area contributed by atoms with E-state index in [-0.39, 0.29) is 5.41 Å². The van der Waals surface area contributed by atoms with E-state index in [0.717, 1.165) is 24.3 Å². The van der Waals surface area contributed by atoms with Crippen molar-refractivity contribution in [2.45, 2.75) is 102 Å². The SMILES string of the molecule is COc1ccc(C(CCCCCCCCCCCCCCCCO)(c2ccccc2)c2ccc(OC)cc2)cc1. The first-order chi connectivity index (χ1) is 19.7. The van der Waals surface area contributed by atoms with Crippen LogP contribution >= 0.6 is 0 Å². The maximum absolute atomic E-state index is 8.86. The van der Waals surface area contributed by atoms with Gasteiger partial charge in [-0.25, -0.2) is 0 Å². The molecule has 218 valence electrons. The number of methoxy groups -OCH3 is 2. The first kappa shape index (κ1) is 31.7. The van der Waals surface area contributed by atoms with Gasteiger partial charge in [0, 0.05) is 12.0 Å². The average molecular weight is 545 g/mol. The monoisotopic (exact) mass is 544 g/mol. The van der Waals surface area contributed by atoms with Crippen LogP contribution in [0.25, 0.3) is 0 Å². The van der Waals surface area contributed by atoms with Crippen molar-refractivity contribution in [1.82, 2.24) is 0 Å². The maximum atomic E-state index is 8.86. The zero-order valence-corrected chi connectivity index (χ0v) is 25.1. The fraction of sp³-hybridized carbons (Fsp3) is 0.514. The van der Waals surface area contributed by atoms with Crippen molar-refractivity contribution >= 4 is 0 Å². The van der Waals surface area contributed by atoms with Crippen LogP contribution < -0.4 is 9.47 Å². The van der Waals surface area contributed by atoms with Gasteiger partial charge in [-0.05, 0) is 53.8 Å². The van der Waals surface area contributed by atoms with Gasteiger partial charge in [0.15, 0.2) is 0 Å². The van der Waals surface area contributed by atoms with Crippen LogP contribution in [-0.4, -0.2) is 25.9 Å². The predicted octanol–water partition coefficient (Wildman–Crippen LogP) is 9.88. The number of hydrogen-bond donors (Lipinski definition) is 1. The molecule has 0 atom stereocenters. The smallest absolute Gasteiger partial charge is 0.118 e. The second-order valence-corrected chi connectivity index (χ2v) is 11.2. The highest BCUT2D eigenvalue weighted by molar-refractivity contribution is 5.52. The van der Waals surface area contributed by atoms with Crippen molar-refractivity contribution in [3.63, 3.8) is 0 Å². The molecule has 0 saturated heterocycles. The Morgan fingerprint density at radius 3 is 1.18 bits per heavy atom. The highest BCUT2D eigenvalue weighted by Gasteiger charge is 2.35. The van der Waals surface area contributed by atoms with Crippen molar-refractivity contribution in [3.05, 3.63) is 95.6 Å². The van der Waals surface area contributed by atoms with Crippen molar-refractivity contribution in [3.8, 4) is 11.5 Å². The molecular formula is C37H52O3. The third kappa shape index (κ3) is 9.70. The molecule has 0 bridgehead atoms. The van der Waals surface area contributed by atoms with Crippen LogP contribution in [0, 0.1) is 0 Å². The molecule has 3 heteroatoms. The summed E-state index contributed by atoms with van der Waals surface area (Å²) in [5, 5.41) is 8.86. The second kappa shape index (κ2) is 18.5. The average Bonchev–Trinajstić information content (AvgIpc) is 3.02. The lowest BCUT2D eigenvalue weighted by molar-refractivity contribution is 0.282. The molecule has 0 heterocycles. The van der Waals surface area contributed by atoms with Gasteiger partial charge in [-0.15, -0.1) is 0 Å². The van der Waals surface area contributed by atoms with Gasteiger partial charge >= 0.3 is 0 Å². The van der Waals surface area contributed by atoms with E-state index >= 15 is 0 Å². The molecule has 0 aliphatic rings. The molecule has 3 aromatic carbocycles. The zero-order chi connectivity index (χ0) is 28.3. The standard InChI is InChI=1S/C37H52O3/c1-39-35-26-22-33(23-27-35)37(32-20-16-15-17-21-32,34-24-28-36(40-2)29-25-34)30-18-13-11-9-7-5-3-4-6-8-10-12-14-19-31-38/h15-17,20-29,38H,3-14,18-19,30-31H2,1-2H3. The van der Waals surface area contributed by atoms with E-state index in [1.807, 2.05) is 0 Å². The number of rotatable bonds is 21. The number of aliphatic hydroxyl groups is 1. The Balaban J connectivity index is 1.56. The van der Waals surface area contributed by atoms with Crippen LogP contribution in [0.1, 0.15) is 113 Å². The largest absolute Gasteiger partial charge is 0.497 e. The van der Waals surface area contributed by atoms with Crippen molar-refractivity contribution in [2.24, 2.45) is 0 Å². The molecule has 0 amide bonds. The molecule has 0 aliphatic carbocycles. The fourth-order valence-corrected chi connectivity index (χ4v) is 6.03. The Morgan fingerprint density at radius 1 is 0.450 bits per heavy atom. The number of ether oxygens (including phenoxy) is 2. The van der Waals surface area contributed by atoms with E-state index in [2.05, 4.69) is 78.9 Å². The summed E-state index contributed by atoms with van der Waals surface area (Å²) in [7, 11) is 3.46. The highest BCUT2D eigenvalue weighted by Crippen LogP contribution is 2.44. The van der Waals surface area contributed by atoms with E-state index in [4.69, 9.17) is 14.6 Å². The molecule has 3 rings (SSSR count). The van der Waals surface area contributed by atoms with Crippen LogP contribution in [-0.2, 0) is 5.41 Å². The van der Waals surface area contributed by atoms with Crippen molar-refractivity contribution in [1.29, 1.82) is 0 Å². The number of hydrogen-bond acceptors (Lipinski definition) is 3. The van der Waals surface area contributed by atoms with Gasteiger partial charge in [-0.3, -0.25) is 0 Å². The maximum Gasteiger partial charge on any atom is 0.118 e. The summed E-state index contributed by atoms with van der Waals surface area (Å²) in [6, 6.07) is 28.3. The molecule has 0 spiro atoms. The summed E-state index contributed by atoms with van der Waals surface area (Å²) >= 11 is 0. The molecule has 0 fully saturated rings. The summed E-state index contributed by atoms with van der Waals surface area (Å²) < 4.78 is 11.0. The van der Waals surface area contributed by atoms with E-state index in [0.29, 0.717) is 6.61 Å². The lowest BCUT2D eigenvalue weighted by Crippen LogP contribution is -2.29. The number of unbranched alkanes of at least 4 members (excludes halogenated alkanes) is 13. The minimum atomic E-state index is -0.224. The van der Waals surface area contributed by atoms with Crippen LogP contribution in [0.5, 0.6) is 11.5 Å². The summed E-state index contributed by atoms with van der Waals surface area (Å²) in [6.45, 7) is 0.346. The molecule has 0 aromatic heterocycles. The first-order valence-electron chi connectivity index (χ1n) is 15.7. The molecule has 3 aromatic rings. The lowest BCUT2D eigenvalue weighted by atomic mass is 9.66. The summed E-state index contributed by atoms with van der Waals surface area (Å²) in [6.07, 6.45) is 19.1. The topological polar surface area (TPSA) is 38.7 Å². The minimum absolute atomic E-state index is 0.224. The van der Waals surface area contributed by atoms with Crippen molar-refractivity contribution < 1.29 is 14.6 Å². The molecule has 0 unspecified atom stereocenters. The Labute approximate surface area is 244 Å². The summed E-state index contributed by atoms with van der Waals surface area (Å²) in [4.78, 5) is 0. The quantitative estimate of drug-likeness (QED) is 0.107. The van der Waals surface area contributed by atoms with Crippen LogP contribution in [0.3, 0.4) is 0 Å². The number of benzene rings is 3. The first-order valence-corrected chi connectivity index (χ1v) is 15.7. The molecule has 0 radical (unpaired) electrons. The second-order valence-electron chi connectivity index (χ2n) is 11.2. The van der Waals surface area contributed by atoms with E-state index in [1.54, 1.807) is 14.2 Å². The fourth-order valence-electron chi connectivity index (χ4n) is 6.03. The van der Waals surface area contributed by atoms with Gasteiger partial charge in [0.2, 0.25) is 0 Å². The highest BCUT2D eigenvalue weighted by atomic mass is 16.5. The van der Waals surface area contributed by atoms with E-state index in [9.17, 15) is 0 Å². The van der Waals surface area contributed by atoms with E-state index in [1.165, 1.54) is 100 Å². The van der Waals surface area contributed by atoms with Gasteiger partial charge in [0.05, 0.1) is 14.2 Å². The summed E-state index contributed by atoms with van der Waals surface area (Å²) in [5.41, 5.74) is 3.72. The minimum Gasteiger partial charge on any atom is -0.497 e. The third-order valence-electron chi connectivity index (χ3n) is 8.39. The Bertz CT molecular complexity index is 980. The molecule has 3 nitrogen and oxygen atoms in total. The third-order valence-corrected chi connectivity index (χ3v) is 8.39. The Kier molecular flexibility index (Phi) is 14.7. The summed E-state index contributed by atoms with van der Waals surface area (Å²) in [5.74, 6) is 1.77. The molecule has 0 saturated carbocycles. The van der Waals surface area contributed by atoms with Crippen LogP contribution in [0.2, 0.25) is 0 Å². The van der Waals surface area contributed by atoms with Gasteiger partial charge in [-0.1, -0.05) is 138 Å². The normalized spacial score (nSPS) is 11.5. The molecule has 40 heavy (non-hydrogen) atoms. The van der Waals surface area contributed by atoms with Crippen LogP contribution in [0.4, 0.5) is 0 Å². The number of aliphatic hydroxyl groups excluding tert-OH is 1. The zero-order valence-electron chi connectivity index (χ0n) is 25.1. The molecular weight excluding hydrogens is 492 g/mol. The van der Waals surface area contributed by atoms with Crippen LogP contribution in [0.15, 0.2) is 78.9 Å². The molecule has 0 aliphatic heterocycles. The Hall–Kier alpha value is -2.78. The molecule has 1 N–H and O–H groups in total. The van der Waals surface area contributed by atoms with Gasteiger partial charge in [0.25, 0.3) is 0 Å². The van der Waals surface area contributed by atoms with E-state index < -0.39 is 0 Å². The predicted molar refractivity (Wildman–Crippen MR) is 169 cm³/mol. The van der Waals surface area contributed by atoms with Gasteiger partial charge < -0.3 is 14.6 Å². The van der Waals surface area contributed by atoms with Gasteiger partial charge in [0.1, 0.15) is 11.5 Å². The van der Waals surface area contributed by atoms with Gasteiger partial charge in [-0.2, -0.15) is 0 Å².